The van der Waals surface area contributed by atoms with Gasteiger partial charge >= 0.3 is 0 Å². The molecule has 1 aliphatic rings. The highest BCUT2D eigenvalue weighted by atomic mass is 32.1. The zero-order valence-electron chi connectivity index (χ0n) is 11.7. The van der Waals surface area contributed by atoms with E-state index in [0.717, 1.165) is 38.7 Å². The highest BCUT2D eigenvalue weighted by molar-refractivity contribution is 7.71. The number of carbonyl (C=O) groups excluding carboxylic acids is 1. The number of amides is 1. The molecule has 1 aromatic rings. The van der Waals surface area contributed by atoms with E-state index in [1.807, 2.05) is 16.2 Å². The normalized spacial score (nSPS) is 16.4. The number of carbonyl (C=O) groups is 1. The fourth-order valence-corrected chi connectivity index (χ4v) is 2.58. The highest BCUT2D eigenvalue weighted by Crippen LogP contribution is 2.07. The van der Waals surface area contributed by atoms with Crippen LogP contribution in [0.25, 0.3) is 0 Å². The Balaban J connectivity index is 2.12. The molecule has 2 N–H and O–H groups in total. The Morgan fingerprint density at radius 1 is 1.45 bits per heavy atom. The van der Waals surface area contributed by atoms with E-state index in [2.05, 4.69) is 10.00 Å². The number of primary amides is 1. The Hall–Kier alpha value is -1.25. The van der Waals surface area contributed by atoms with Crippen molar-refractivity contribution in [3.8, 4) is 0 Å². The fourth-order valence-electron chi connectivity index (χ4n) is 2.25. The molecular weight excluding hydrogens is 278 g/mol. The second-order valence-corrected chi connectivity index (χ2v) is 5.15. The average Bonchev–Trinajstić information content (AvgIpc) is 2.73. The van der Waals surface area contributed by atoms with Gasteiger partial charge in [-0.3, -0.25) is 9.69 Å². The van der Waals surface area contributed by atoms with Gasteiger partial charge in [0, 0.05) is 32.5 Å². The van der Waals surface area contributed by atoms with Crippen molar-refractivity contribution in [2.75, 3.05) is 26.3 Å². The number of aryl methyl sites for hydroxylation is 1. The monoisotopic (exact) mass is 299 g/mol. The third-order valence-electron chi connectivity index (χ3n) is 3.35. The molecule has 1 fully saturated rings. The molecule has 1 saturated heterocycles. The molecule has 1 aliphatic heterocycles. The van der Waals surface area contributed by atoms with Crippen molar-refractivity contribution < 1.29 is 9.53 Å². The number of hydrogen-bond acceptors (Lipinski definition) is 5. The first-order chi connectivity index (χ1) is 9.61. The molecule has 0 aliphatic carbocycles. The van der Waals surface area contributed by atoms with E-state index < -0.39 is 0 Å². The molecule has 0 aromatic carbocycles. The first kappa shape index (κ1) is 15.1. The van der Waals surface area contributed by atoms with Crippen LogP contribution >= 0.6 is 12.2 Å². The van der Waals surface area contributed by atoms with Crippen LogP contribution in [0.3, 0.4) is 0 Å². The minimum Gasteiger partial charge on any atom is -0.379 e. The molecule has 0 radical (unpaired) electrons. The molecule has 0 bridgehead atoms. The molecule has 0 spiro atoms. The first-order valence-electron chi connectivity index (χ1n) is 6.86. The second-order valence-electron chi connectivity index (χ2n) is 4.78. The number of rotatable bonds is 6. The van der Waals surface area contributed by atoms with Crippen molar-refractivity contribution in [3.05, 3.63) is 10.6 Å². The van der Waals surface area contributed by atoms with Gasteiger partial charge in [0.05, 0.1) is 19.9 Å². The molecule has 2 heterocycles. The number of ether oxygens (including phenoxy) is 1. The number of aromatic nitrogens is 3. The number of hydrogen-bond donors (Lipinski definition) is 1. The molecule has 0 saturated carbocycles. The smallest absolute Gasteiger partial charge is 0.217 e. The number of nitrogens with two attached hydrogens (primary N) is 1. The van der Waals surface area contributed by atoms with Crippen LogP contribution in [0.5, 0.6) is 0 Å². The quantitative estimate of drug-likeness (QED) is 0.756. The van der Waals surface area contributed by atoms with Gasteiger partial charge in [-0.15, -0.1) is 0 Å². The predicted octanol–water partition coefficient (Wildman–Crippen LogP) is 0.142. The van der Waals surface area contributed by atoms with Crippen LogP contribution in [0.15, 0.2) is 0 Å². The number of nitrogens with zero attached hydrogens (tertiary/aromatic N) is 4. The Kier molecular flexibility index (Phi) is 5.27. The van der Waals surface area contributed by atoms with Crippen LogP contribution in [0.1, 0.15) is 19.2 Å². The summed E-state index contributed by atoms with van der Waals surface area (Å²) in [7, 11) is 0. The standard InChI is InChI=1S/C12H21N5O2S/c1-2-16-11(4-3-10(13)18)14-17(12(16)20)9-15-5-7-19-8-6-15/h2-9H2,1H3,(H2,13,18). The summed E-state index contributed by atoms with van der Waals surface area (Å²) in [4.78, 5) is 13.2. The molecule has 112 valence electrons. The van der Waals surface area contributed by atoms with Crippen LogP contribution in [-0.2, 0) is 29.2 Å². The van der Waals surface area contributed by atoms with E-state index in [-0.39, 0.29) is 5.91 Å². The fraction of sp³-hybridized carbons (Fsp3) is 0.750. The molecule has 8 heteroatoms. The van der Waals surface area contributed by atoms with E-state index in [1.165, 1.54) is 0 Å². The van der Waals surface area contributed by atoms with Crippen molar-refractivity contribution in [1.29, 1.82) is 0 Å². The average molecular weight is 299 g/mol. The molecule has 0 atom stereocenters. The molecule has 0 unspecified atom stereocenters. The van der Waals surface area contributed by atoms with Gasteiger partial charge in [0.25, 0.3) is 0 Å². The summed E-state index contributed by atoms with van der Waals surface area (Å²) < 4.78 is 9.80. The molecule has 7 nitrogen and oxygen atoms in total. The van der Waals surface area contributed by atoms with Crippen molar-refractivity contribution in [2.45, 2.75) is 33.0 Å². The van der Waals surface area contributed by atoms with Crippen LogP contribution in [-0.4, -0.2) is 51.5 Å². The zero-order valence-corrected chi connectivity index (χ0v) is 12.6. The Bertz CT molecular complexity index is 518. The molecule has 2 rings (SSSR count). The molecule has 20 heavy (non-hydrogen) atoms. The molecular formula is C12H21N5O2S. The minimum absolute atomic E-state index is 0.295. The highest BCUT2D eigenvalue weighted by Gasteiger charge is 2.15. The maximum Gasteiger partial charge on any atom is 0.217 e. The number of morpholine rings is 1. The lowest BCUT2D eigenvalue weighted by atomic mass is 10.3. The van der Waals surface area contributed by atoms with Gasteiger partial charge in [0.1, 0.15) is 5.82 Å². The van der Waals surface area contributed by atoms with E-state index in [1.54, 1.807) is 0 Å². The van der Waals surface area contributed by atoms with Gasteiger partial charge in [0.2, 0.25) is 5.91 Å². The van der Waals surface area contributed by atoms with Gasteiger partial charge in [-0.05, 0) is 19.1 Å². The third-order valence-corrected chi connectivity index (χ3v) is 3.78. The van der Waals surface area contributed by atoms with E-state index >= 15 is 0 Å². The van der Waals surface area contributed by atoms with Crippen LogP contribution in [0.4, 0.5) is 0 Å². The van der Waals surface area contributed by atoms with E-state index in [4.69, 9.17) is 22.7 Å². The van der Waals surface area contributed by atoms with Gasteiger partial charge in [-0.25, -0.2) is 4.68 Å². The van der Waals surface area contributed by atoms with Crippen LogP contribution in [0.2, 0.25) is 0 Å². The lowest BCUT2D eigenvalue weighted by Gasteiger charge is -2.26. The summed E-state index contributed by atoms with van der Waals surface area (Å²) in [6.45, 7) is 6.70. The van der Waals surface area contributed by atoms with Crippen LogP contribution in [0, 0.1) is 4.77 Å². The summed E-state index contributed by atoms with van der Waals surface area (Å²) >= 11 is 5.45. The summed E-state index contributed by atoms with van der Waals surface area (Å²) in [6, 6.07) is 0. The summed E-state index contributed by atoms with van der Waals surface area (Å²) in [6.07, 6.45) is 0.826. The lowest BCUT2D eigenvalue weighted by Crippen LogP contribution is -2.37. The summed E-state index contributed by atoms with van der Waals surface area (Å²) in [5, 5.41) is 4.53. The maximum absolute atomic E-state index is 10.9. The minimum atomic E-state index is -0.318. The SMILES string of the molecule is CCn1c(CCC(N)=O)nn(CN2CCOCC2)c1=S. The second kappa shape index (κ2) is 6.96. The largest absolute Gasteiger partial charge is 0.379 e. The van der Waals surface area contributed by atoms with Gasteiger partial charge in [-0.1, -0.05) is 0 Å². The Morgan fingerprint density at radius 3 is 2.75 bits per heavy atom. The summed E-state index contributed by atoms with van der Waals surface area (Å²) in [5.41, 5.74) is 5.20. The molecule has 1 amide bonds. The van der Waals surface area contributed by atoms with Crippen LogP contribution < -0.4 is 5.73 Å². The van der Waals surface area contributed by atoms with Crippen molar-refractivity contribution in [3.63, 3.8) is 0 Å². The lowest BCUT2D eigenvalue weighted by molar-refractivity contribution is -0.118. The first-order valence-corrected chi connectivity index (χ1v) is 7.27. The van der Waals surface area contributed by atoms with Gasteiger partial charge in [-0.2, -0.15) is 5.10 Å². The predicted molar refractivity (Wildman–Crippen MR) is 76.6 cm³/mol. The maximum atomic E-state index is 10.9. The van der Waals surface area contributed by atoms with Crippen molar-refractivity contribution in [2.24, 2.45) is 5.73 Å². The van der Waals surface area contributed by atoms with Crippen molar-refractivity contribution in [1.82, 2.24) is 19.2 Å². The zero-order chi connectivity index (χ0) is 14.5. The van der Waals surface area contributed by atoms with E-state index in [0.29, 0.717) is 24.3 Å². The van der Waals surface area contributed by atoms with Crippen molar-refractivity contribution >= 4 is 18.1 Å². The topological polar surface area (TPSA) is 78.3 Å². The van der Waals surface area contributed by atoms with E-state index in [9.17, 15) is 4.79 Å². The van der Waals surface area contributed by atoms with Gasteiger partial charge < -0.3 is 15.0 Å². The van der Waals surface area contributed by atoms with Gasteiger partial charge in [0.15, 0.2) is 4.77 Å². The molecule has 1 aromatic heterocycles. The Labute approximate surface area is 123 Å². The Morgan fingerprint density at radius 2 is 2.15 bits per heavy atom. The summed E-state index contributed by atoms with van der Waals surface area (Å²) in [5.74, 6) is 0.505. The third kappa shape index (κ3) is 3.65.